The Hall–Kier alpha value is -3.13. The van der Waals surface area contributed by atoms with Gasteiger partial charge in [-0.2, -0.15) is 0 Å². The van der Waals surface area contributed by atoms with Crippen LogP contribution in [0, 0.1) is 6.92 Å². The molecule has 2 heterocycles. The summed E-state index contributed by atoms with van der Waals surface area (Å²) in [6, 6.07) is 13.6. The number of aromatic nitrogens is 4. The number of thioether (sulfide) groups is 1. The number of rotatable bonds is 9. The van der Waals surface area contributed by atoms with E-state index in [-0.39, 0.29) is 17.2 Å². The van der Waals surface area contributed by atoms with Gasteiger partial charge < -0.3 is 5.32 Å². The lowest BCUT2D eigenvalue weighted by atomic mass is 9.98. The van der Waals surface area contributed by atoms with Gasteiger partial charge in [-0.1, -0.05) is 75.7 Å². The number of hydrogen-bond donors (Lipinski definition) is 1. The molecule has 4 aromatic rings. The third kappa shape index (κ3) is 4.73. The van der Waals surface area contributed by atoms with E-state index in [0.717, 1.165) is 41.6 Å². The predicted molar refractivity (Wildman–Crippen MR) is 139 cm³/mol. The van der Waals surface area contributed by atoms with E-state index in [1.165, 1.54) is 11.8 Å². The fraction of sp³-hybridized carbons (Fsp3) is 0.385. The molecule has 2 aromatic carbocycles. The highest BCUT2D eigenvalue weighted by atomic mass is 32.2. The van der Waals surface area contributed by atoms with Gasteiger partial charge in [-0.3, -0.25) is 18.6 Å². The lowest BCUT2D eigenvalue weighted by Gasteiger charge is -2.16. The molecule has 0 aliphatic carbocycles. The van der Waals surface area contributed by atoms with Crippen LogP contribution in [0.5, 0.6) is 0 Å². The number of unbranched alkanes of at least 4 members (excludes halogenated alkanes) is 2. The number of carbonyl (C=O) groups is 1. The van der Waals surface area contributed by atoms with Crippen LogP contribution in [0.1, 0.15) is 57.1 Å². The summed E-state index contributed by atoms with van der Waals surface area (Å²) < 4.78 is 3.60. The molecule has 0 saturated heterocycles. The first-order valence-corrected chi connectivity index (χ1v) is 12.8. The summed E-state index contributed by atoms with van der Waals surface area (Å²) >= 11 is 1.32. The molecule has 0 radical (unpaired) electrons. The van der Waals surface area contributed by atoms with E-state index < -0.39 is 0 Å². The first-order valence-electron chi connectivity index (χ1n) is 11.8. The molecule has 178 valence electrons. The quantitative estimate of drug-likeness (QED) is 0.258. The Labute approximate surface area is 203 Å². The van der Waals surface area contributed by atoms with Crippen molar-refractivity contribution in [2.45, 2.75) is 64.6 Å². The number of hydrogen-bond acceptors (Lipinski definition) is 5. The van der Waals surface area contributed by atoms with Crippen molar-refractivity contribution in [3.8, 4) is 0 Å². The van der Waals surface area contributed by atoms with Crippen molar-refractivity contribution in [1.29, 1.82) is 0 Å². The third-order valence-electron chi connectivity index (χ3n) is 5.99. The molecule has 0 spiro atoms. The molecule has 34 heavy (non-hydrogen) atoms. The summed E-state index contributed by atoms with van der Waals surface area (Å²) in [5.74, 6) is 0.914. The number of carbonyl (C=O) groups excluding carboxylic acids is 1. The summed E-state index contributed by atoms with van der Waals surface area (Å²) in [5.41, 5.74) is 3.74. The van der Waals surface area contributed by atoms with E-state index in [1.54, 1.807) is 4.57 Å². The molecular weight excluding hydrogens is 446 g/mol. The highest BCUT2D eigenvalue weighted by Gasteiger charge is 2.18. The van der Waals surface area contributed by atoms with E-state index in [4.69, 9.17) is 0 Å². The number of para-hydroxylation sites is 2. The molecule has 0 fully saturated rings. The molecule has 2 aromatic heterocycles. The van der Waals surface area contributed by atoms with Crippen LogP contribution in [0.25, 0.3) is 16.7 Å². The maximum absolute atomic E-state index is 13.1. The standard InChI is InChI=1S/C26H31N5O2S/c1-5-6-9-15-30-24(33)20-12-7-8-14-21(20)31-25(30)28-29-26(31)34-16-22(32)27-23-18(4)11-10-13-19(23)17(2)3/h7-8,10-14,17H,5-6,9,15-16H2,1-4H3,(H,27,32). The second-order valence-electron chi connectivity index (χ2n) is 8.83. The van der Waals surface area contributed by atoms with Crippen LogP contribution in [0.2, 0.25) is 0 Å². The van der Waals surface area contributed by atoms with E-state index >= 15 is 0 Å². The second-order valence-corrected chi connectivity index (χ2v) is 9.77. The smallest absolute Gasteiger partial charge is 0.262 e. The highest BCUT2D eigenvalue weighted by Crippen LogP contribution is 2.28. The topological polar surface area (TPSA) is 81.3 Å². The summed E-state index contributed by atoms with van der Waals surface area (Å²) in [6.07, 6.45) is 3.01. The Kier molecular flexibility index (Phi) is 7.36. The van der Waals surface area contributed by atoms with Gasteiger partial charge in [0.2, 0.25) is 11.7 Å². The molecule has 4 rings (SSSR count). The van der Waals surface area contributed by atoms with E-state index in [2.05, 4.69) is 42.4 Å². The molecule has 0 unspecified atom stereocenters. The molecule has 1 N–H and O–H groups in total. The van der Waals surface area contributed by atoms with Gasteiger partial charge in [-0.15, -0.1) is 10.2 Å². The first kappa shape index (κ1) is 24.0. The zero-order valence-corrected chi connectivity index (χ0v) is 21.0. The van der Waals surface area contributed by atoms with Crippen LogP contribution in [0.3, 0.4) is 0 Å². The molecule has 7 nitrogen and oxygen atoms in total. The van der Waals surface area contributed by atoms with Crippen LogP contribution in [0.4, 0.5) is 5.69 Å². The monoisotopic (exact) mass is 477 g/mol. The Bertz CT molecular complexity index is 1390. The fourth-order valence-electron chi connectivity index (χ4n) is 4.20. The number of benzene rings is 2. The van der Waals surface area contributed by atoms with Crippen molar-refractivity contribution < 1.29 is 4.79 Å². The van der Waals surface area contributed by atoms with Crippen LogP contribution < -0.4 is 10.9 Å². The molecule has 0 atom stereocenters. The Morgan fingerprint density at radius 1 is 1.09 bits per heavy atom. The number of anilines is 1. The van der Waals surface area contributed by atoms with Crippen LogP contribution >= 0.6 is 11.8 Å². The van der Waals surface area contributed by atoms with Crippen molar-refractivity contribution in [3.05, 3.63) is 63.9 Å². The maximum Gasteiger partial charge on any atom is 0.262 e. The SMILES string of the molecule is CCCCCn1c(=O)c2ccccc2n2c(SCC(=O)Nc3c(C)cccc3C(C)C)nnc12. The van der Waals surface area contributed by atoms with Gasteiger partial charge in [-0.05, 0) is 42.5 Å². The number of nitrogens with one attached hydrogen (secondary N) is 1. The molecule has 0 bridgehead atoms. The van der Waals surface area contributed by atoms with Crippen LogP contribution in [0.15, 0.2) is 52.4 Å². The number of nitrogens with zero attached hydrogens (tertiary/aromatic N) is 4. The normalized spacial score (nSPS) is 11.6. The molecular formula is C26H31N5O2S. The van der Waals surface area contributed by atoms with E-state index in [1.807, 2.05) is 47.7 Å². The van der Waals surface area contributed by atoms with Crippen molar-refractivity contribution in [3.63, 3.8) is 0 Å². The number of fused-ring (bicyclic) bond motifs is 3. The Morgan fingerprint density at radius 3 is 2.65 bits per heavy atom. The third-order valence-corrected chi connectivity index (χ3v) is 6.92. The van der Waals surface area contributed by atoms with Gasteiger partial charge in [0.25, 0.3) is 5.56 Å². The van der Waals surface area contributed by atoms with Crippen molar-refractivity contribution in [2.24, 2.45) is 0 Å². The lowest BCUT2D eigenvalue weighted by molar-refractivity contribution is -0.113. The largest absolute Gasteiger partial charge is 0.325 e. The number of amides is 1. The van der Waals surface area contributed by atoms with Gasteiger partial charge in [0, 0.05) is 12.2 Å². The Morgan fingerprint density at radius 2 is 1.88 bits per heavy atom. The minimum Gasteiger partial charge on any atom is -0.325 e. The molecule has 1 amide bonds. The summed E-state index contributed by atoms with van der Waals surface area (Å²) in [6.45, 7) is 8.97. The first-order chi connectivity index (χ1) is 16.4. The van der Waals surface area contributed by atoms with E-state index in [0.29, 0.717) is 28.8 Å². The van der Waals surface area contributed by atoms with Gasteiger partial charge in [0.05, 0.1) is 16.7 Å². The summed E-state index contributed by atoms with van der Waals surface area (Å²) in [4.78, 5) is 26.0. The van der Waals surface area contributed by atoms with Crippen molar-refractivity contribution in [2.75, 3.05) is 11.1 Å². The average Bonchev–Trinajstić information content (AvgIpc) is 3.25. The van der Waals surface area contributed by atoms with Crippen LogP contribution in [-0.4, -0.2) is 30.8 Å². The van der Waals surface area contributed by atoms with Gasteiger partial charge in [0.1, 0.15) is 0 Å². The second kappa shape index (κ2) is 10.4. The highest BCUT2D eigenvalue weighted by molar-refractivity contribution is 7.99. The summed E-state index contributed by atoms with van der Waals surface area (Å²) in [7, 11) is 0. The molecule has 8 heteroatoms. The van der Waals surface area contributed by atoms with Gasteiger partial charge in [0.15, 0.2) is 5.16 Å². The van der Waals surface area contributed by atoms with Crippen molar-refractivity contribution in [1.82, 2.24) is 19.2 Å². The molecule has 0 aliphatic rings. The zero-order valence-electron chi connectivity index (χ0n) is 20.2. The fourth-order valence-corrected chi connectivity index (χ4v) is 4.94. The van der Waals surface area contributed by atoms with Crippen LogP contribution in [-0.2, 0) is 11.3 Å². The van der Waals surface area contributed by atoms with Crippen molar-refractivity contribution >= 4 is 40.0 Å². The molecule has 0 aliphatic heterocycles. The minimum absolute atomic E-state index is 0.0540. The Balaban J connectivity index is 1.64. The van der Waals surface area contributed by atoms with E-state index in [9.17, 15) is 9.59 Å². The summed E-state index contributed by atoms with van der Waals surface area (Å²) in [5, 5.41) is 13.0. The number of aryl methyl sites for hydroxylation is 2. The predicted octanol–water partition coefficient (Wildman–Crippen LogP) is 5.40. The average molecular weight is 478 g/mol. The van der Waals surface area contributed by atoms with Gasteiger partial charge >= 0.3 is 0 Å². The minimum atomic E-state index is -0.0986. The lowest BCUT2D eigenvalue weighted by Crippen LogP contribution is -2.23. The molecule has 0 saturated carbocycles. The van der Waals surface area contributed by atoms with Gasteiger partial charge in [-0.25, -0.2) is 0 Å². The zero-order chi connectivity index (χ0) is 24.2. The maximum atomic E-state index is 13.1.